The van der Waals surface area contributed by atoms with Crippen LogP contribution in [0.5, 0.6) is 0 Å². The molecule has 0 saturated carbocycles. The highest BCUT2D eigenvalue weighted by molar-refractivity contribution is 5.92. The van der Waals surface area contributed by atoms with E-state index in [1.165, 1.54) is 0 Å². The predicted molar refractivity (Wildman–Crippen MR) is 69.4 cm³/mol. The molecular formula is C11H18ClN3O2. The summed E-state index contributed by atoms with van der Waals surface area (Å²) in [4.78, 5) is 17.4. The van der Waals surface area contributed by atoms with Crippen LogP contribution in [0.25, 0.3) is 0 Å². The van der Waals surface area contributed by atoms with Gasteiger partial charge in [-0.3, -0.25) is 4.79 Å². The molecule has 0 aliphatic carbocycles. The lowest BCUT2D eigenvalue weighted by Crippen LogP contribution is -2.29. The average molecular weight is 260 g/mol. The summed E-state index contributed by atoms with van der Waals surface area (Å²) in [6.07, 6.45) is 0.807. The Balaban J connectivity index is 0.00000256. The van der Waals surface area contributed by atoms with Crippen molar-refractivity contribution in [1.82, 2.24) is 9.88 Å². The molecule has 1 aromatic heterocycles. The highest BCUT2D eigenvalue weighted by Crippen LogP contribution is 2.04. The summed E-state index contributed by atoms with van der Waals surface area (Å²) < 4.78 is 4.92. The van der Waals surface area contributed by atoms with Crippen molar-refractivity contribution in [3.63, 3.8) is 0 Å². The lowest BCUT2D eigenvalue weighted by molar-refractivity contribution is 0.0774. The number of hydrogen-bond donors (Lipinski definition) is 1. The number of amides is 1. The van der Waals surface area contributed by atoms with Crippen LogP contribution in [0.3, 0.4) is 0 Å². The first-order chi connectivity index (χ1) is 7.65. The maximum absolute atomic E-state index is 11.9. The third-order valence-electron chi connectivity index (χ3n) is 2.18. The number of rotatable bonds is 5. The van der Waals surface area contributed by atoms with E-state index in [0.29, 0.717) is 24.7 Å². The van der Waals surface area contributed by atoms with Crippen molar-refractivity contribution in [2.45, 2.75) is 6.42 Å². The molecule has 2 N–H and O–H groups in total. The second-order valence-corrected chi connectivity index (χ2v) is 3.52. The number of nitrogens with zero attached hydrogens (tertiary/aromatic N) is 2. The first-order valence-corrected chi connectivity index (χ1v) is 5.12. The number of nitrogens with two attached hydrogens (primary N) is 1. The molecule has 1 heterocycles. The van der Waals surface area contributed by atoms with Crippen LogP contribution in [0.15, 0.2) is 18.2 Å². The molecule has 0 unspecified atom stereocenters. The molecular weight excluding hydrogens is 242 g/mol. The fourth-order valence-corrected chi connectivity index (χ4v) is 1.31. The first-order valence-electron chi connectivity index (χ1n) is 5.12. The van der Waals surface area contributed by atoms with Crippen molar-refractivity contribution in [2.75, 3.05) is 33.0 Å². The predicted octanol–water partition coefficient (Wildman–Crippen LogP) is 1.19. The fourth-order valence-electron chi connectivity index (χ4n) is 1.31. The van der Waals surface area contributed by atoms with Gasteiger partial charge in [-0.1, -0.05) is 6.07 Å². The van der Waals surface area contributed by atoms with Gasteiger partial charge in [-0.15, -0.1) is 12.4 Å². The molecule has 6 heteroatoms. The zero-order valence-corrected chi connectivity index (χ0v) is 10.9. The van der Waals surface area contributed by atoms with Gasteiger partial charge in [0, 0.05) is 27.3 Å². The van der Waals surface area contributed by atoms with Crippen molar-refractivity contribution in [1.29, 1.82) is 0 Å². The number of hydrogen-bond acceptors (Lipinski definition) is 4. The average Bonchev–Trinajstić information content (AvgIpc) is 2.28. The lowest BCUT2D eigenvalue weighted by Gasteiger charge is -2.16. The van der Waals surface area contributed by atoms with Crippen LogP contribution in [0.2, 0.25) is 0 Å². The zero-order valence-electron chi connectivity index (χ0n) is 10.0. The van der Waals surface area contributed by atoms with Gasteiger partial charge in [0.2, 0.25) is 0 Å². The molecule has 1 aromatic rings. The van der Waals surface area contributed by atoms with Gasteiger partial charge in [0.05, 0.1) is 0 Å². The summed E-state index contributed by atoms with van der Waals surface area (Å²) in [6, 6.07) is 5.03. The molecule has 0 aliphatic rings. The van der Waals surface area contributed by atoms with Gasteiger partial charge in [-0.2, -0.15) is 0 Å². The summed E-state index contributed by atoms with van der Waals surface area (Å²) >= 11 is 0. The van der Waals surface area contributed by atoms with Crippen LogP contribution < -0.4 is 5.73 Å². The highest BCUT2D eigenvalue weighted by atomic mass is 35.5. The van der Waals surface area contributed by atoms with E-state index >= 15 is 0 Å². The van der Waals surface area contributed by atoms with E-state index in [-0.39, 0.29) is 18.3 Å². The van der Waals surface area contributed by atoms with Gasteiger partial charge in [-0.25, -0.2) is 4.98 Å². The highest BCUT2D eigenvalue weighted by Gasteiger charge is 2.12. The van der Waals surface area contributed by atoms with Crippen molar-refractivity contribution in [3.8, 4) is 0 Å². The SMILES string of the molecule is COCCCN(C)C(=O)c1cccc(N)n1.Cl. The third-order valence-corrected chi connectivity index (χ3v) is 2.18. The first kappa shape index (κ1) is 15.7. The summed E-state index contributed by atoms with van der Waals surface area (Å²) in [5.74, 6) is 0.236. The van der Waals surface area contributed by atoms with Gasteiger partial charge in [0.15, 0.2) is 0 Å². The number of carbonyl (C=O) groups excluding carboxylic acids is 1. The van der Waals surface area contributed by atoms with Gasteiger partial charge in [0.25, 0.3) is 5.91 Å². The molecule has 5 nitrogen and oxygen atoms in total. The Kier molecular flexibility index (Phi) is 7.25. The lowest BCUT2D eigenvalue weighted by atomic mass is 10.3. The summed E-state index contributed by atoms with van der Waals surface area (Å²) in [5, 5.41) is 0. The van der Waals surface area contributed by atoms with Crippen molar-refractivity contribution in [2.24, 2.45) is 0 Å². The normalized spacial score (nSPS) is 9.53. The maximum atomic E-state index is 11.9. The standard InChI is InChI=1S/C11H17N3O2.ClH/c1-14(7-4-8-16-2)11(15)9-5-3-6-10(12)13-9;/h3,5-6H,4,7-8H2,1-2H3,(H2,12,13);1H. The van der Waals surface area contributed by atoms with Crippen molar-refractivity contribution >= 4 is 24.1 Å². The monoisotopic (exact) mass is 259 g/mol. The number of carbonyl (C=O) groups is 1. The van der Waals surface area contributed by atoms with E-state index in [4.69, 9.17) is 10.5 Å². The molecule has 0 aromatic carbocycles. The third kappa shape index (κ3) is 5.01. The molecule has 1 rings (SSSR count). The number of anilines is 1. The second kappa shape index (κ2) is 7.86. The van der Waals surface area contributed by atoms with Gasteiger partial charge in [-0.05, 0) is 18.6 Å². The Morgan fingerprint density at radius 1 is 1.53 bits per heavy atom. The van der Waals surface area contributed by atoms with E-state index in [2.05, 4.69) is 4.98 Å². The molecule has 0 radical (unpaired) electrons. The zero-order chi connectivity index (χ0) is 12.0. The van der Waals surface area contributed by atoms with E-state index in [1.807, 2.05) is 0 Å². The molecule has 0 aliphatic heterocycles. The number of nitrogen functional groups attached to an aromatic ring is 1. The van der Waals surface area contributed by atoms with Crippen LogP contribution in [-0.2, 0) is 4.74 Å². The van der Waals surface area contributed by atoms with Crippen LogP contribution in [0.4, 0.5) is 5.82 Å². The van der Waals surface area contributed by atoms with E-state index in [0.717, 1.165) is 6.42 Å². The number of aromatic nitrogens is 1. The second-order valence-electron chi connectivity index (χ2n) is 3.52. The molecule has 0 bridgehead atoms. The Morgan fingerprint density at radius 2 is 2.24 bits per heavy atom. The van der Waals surface area contributed by atoms with E-state index in [1.54, 1.807) is 37.3 Å². The molecule has 0 fully saturated rings. The summed E-state index contributed by atoms with van der Waals surface area (Å²) in [6.45, 7) is 1.28. The minimum absolute atomic E-state index is 0. The van der Waals surface area contributed by atoms with Crippen LogP contribution in [0, 0.1) is 0 Å². The smallest absolute Gasteiger partial charge is 0.272 e. The quantitative estimate of drug-likeness (QED) is 0.807. The number of methoxy groups -OCH3 is 1. The van der Waals surface area contributed by atoms with Crippen LogP contribution in [-0.4, -0.2) is 43.1 Å². The minimum atomic E-state index is -0.122. The van der Waals surface area contributed by atoms with Gasteiger partial charge >= 0.3 is 0 Å². The van der Waals surface area contributed by atoms with Crippen molar-refractivity contribution < 1.29 is 9.53 Å². The van der Waals surface area contributed by atoms with Gasteiger partial charge in [0.1, 0.15) is 11.5 Å². The largest absolute Gasteiger partial charge is 0.385 e. The van der Waals surface area contributed by atoms with E-state index in [9.17, 15) is 4.79 Å². The molecule has 1 amide bonds. The van der Waals surface area contributed by atoms with Crippen molar-refractivity contribution in [3.05, 3.63) is 23.9 Å². The topological polar surface area (TPSA) is 68.5 Å². The summed E-state index contributed by atoms with van der Waals surface area (Å²) in [7, 11) is 3.38. The van der Waals surface area contributed by atoms with E-state index < -0.39 is 0 Å². The molecule has 17 heavy (non-hydrogen) atoms. The molecule has 96 valence electrons. The Hall–Kier alpha value is -1.33. The van der Waals surface area contributed by atoms with Gasteiger partial charge < -0.3 is 15.4 Å². The number of ether oxygens (including phenoxy) is 1. The molecule has 0 saturated heterocycles. The number of pyridine rings is 1. The van der Waals surface area contributed by atoms with Crippen LogP contribution in [0.1, 0.15) is 16.9 Å². The molecule has 0 atom stereocenters. The molecule has 0 spiro atoms. The Morgan fingerprint density at radius 3 is 2.82 bits per heavy atom. The summed E-state index contributed by atoms with van der Waals surface area (Å²) in [5.41, 5.74) is 5.89. The Labute approximate surface area is 107 Å². The maximum Gasteiger partial charge on any atom is 0.272 e. The minimum Gasteiger partial charge on any atom is -0.385 e. The van der Waals surface area contributed by atoms with Crippen LogP contribution >= 0.6 is 12.4 Å². The fraction of sp³-hybridized carbons (Fsp3) is 0.455. The number of halogens is 1. The Bertz CT molecular complexity index is 360.